The van der Waals surface area contributed by atoms with Crippen LogP contribution in [0, 0.1) is 23.2 Å². The number of amides is 1. The molecule has 7 rings (SSSR count). The highest BCUT2D eigenvalue weighted by molar-refractivity contribution is 6.36. The highest BCUT2D eigenvalue weighted by Gasteiger charge is 2.49. The third-order valence-electron chi connectivity index (χ3n) is 11.9. The standard InChI is InChI=1S/C43H58ClN5O7/c1-7-35(50)34-20-29(23-49(34)41(52)31(43(4,5)6)21-38(51)56-28-18-26-17-27(26)19-28)55-37-22-32(33-24-54-42(47-33)45-25(2)3)46-40-30(37)11-12-36(39(40)44)53-16-15-48-13-9-8-10-14-48/h11-12,22,24-29,31,34H,7-10,13-21,23H2,1-6H3,(H,45,47)/t26-,27+,28?,29-,31-,34+/m1/s1. The molecule has 12 nitrogen and oxygen atoms in total. The van der Waals surface area contributed by atoms with Crippen LogP contribution < -0.4 is 14.8 Å². The topological polar surface area (TPSA) is 136 Å². The number of carbonyl (C=O) groups is 3. The van der Waals surface area contributed by atoms with E-state index in [-0.39, 0.29) is 49.2 Å². The summed E-state index contributed by atoms with van der Waals surface area (Å²) in [5.41, 5.74) is 0.908. The van der Waals surface area contributed by atoms with Crippen LogP contribution in [0.4, 0.5) is 6.01 Å². The normalized spacial score (nSPS) is 24.3. The van der Waals surface area contributed by atoms with Crippen molar-refractivity contribution in [2.45, 2.75) is 124 Å². The number of piperidine rings is 1. The number of nitrogens with zero attached hydrogens (tertiary/aromatic N) is 4. The molecule has 2 aliphatic carbocycles. The van der Waals surface area contributed by atoms with Crippen LogP contribution >= 0.6 is 11.6 Å². The van der Waals surface area contributed by atoms with E-state index >= 15 is 0 Å². The SMILES string of the molecule is CCC(=O)[C@@H]1C[C@@H](Oc2cc(-c3coc(NC(C)C)n3)nc3c(Cl)c(OCCN4CCCCC4)ccc23)CN1C(=O)[C@@H](CC(=O)OC1C[C@@H]2C[C@@H]2C1)C(C)(C)C. The van der Waals surface area contributed by atoms with Gasteiger partial charge in [-0.3, -0.25) is 19.3 Å². The molecule has 2 saturated heterocycles. The van der Waals surface area contributed by atoms with Crippen LogP contribution in [0.3, 0.4) is 0 Å². The van der Waals surface area contributed by atoms with Gasteiger partial charge in [0.2, 0.25) is 5.91 Å². The number of rotatable bonds is 15. The summed E-state index contributed by atoms with van der Waals surface area (Å²) in [6.45, 7) is 15.3. The van der Waals surface area contributed by atoms with Crippen LogP contribution in [0.15, 0.2) is 28.9 Å². The molecule has 0 bridgehead atoms. The Morgan fingerprint density at radius 1 is 0.982 bits per heavy atom. The molecule has 13 heteroatoms. The molecule has 2 saturated carbocycles. The second-order valence-corrected chi connectivity index (χ2v) is 18.0. The second-order valence-electron chi connectivity index (χ2n) is 17.6. The molecular weight excluding hydrogens is 734 g/mol. The number of halogens is 1. The number of benzene rings is 1. The van der Waals surface area contributed by atoms with E-state index in [2.05, 4.69) is 15.2 Å². The lowest BCUT2D eigenvalue weighted by Crippen LogP contribution is -2.47. The predicted octanol–water partition coefficient (Wildman–Crippen LogP) is 7.95. The van der Waals surface area contributed by atoms with Gasteiger partial charge in [-0.25, -0.2) is 4.98 Å². The highest BCUT2D eigenvalue weighted by atomic mass is 35.5. The summed E-state index contributed by atoms with van der Waals surface area (Å²) >= 11 is 7.07. The number of anilines is 1. The van der Waals surface area contributed by atoms with Gasteiger partial charge in [-0.15, -0.1) is 0 Å². The van der Waals surface area contributed by atoms with Crippen molar-refractivity contribution >= 4 is 46.2 Å². The third-order valence-corrected chi connectivity index (χ3v) is 12.3. The number of ether oxygens (including phenoxy) is 3. The van der Waals surface area contributed by atoms with Crippen LogP contribution in [0.25, 0.3) is 22.3 Å². The van der Waals surface area contributed by atoms with E-state index in [1.807, 2.05) is 46.8 Å². The highest BCUT2D eigenvalue weighted by Crippen LogP contribution is 2.52. The number of likely N-dealkylation sites (tertiary alicyclic amines) is 2. The van der Waals surface area contributed by atoms with Gasteiger partial charge < -0.3 is 28.8 Å². The number of fused-ring (bicyclic) bond motifs is 2. The van der Waals surface area contributed by atoms with Crippen molar-refractivity contribution in [3.63, 3.8) is 0 Å². The number of ketones is 1. The van der Waals surface area contributed by atoms with Gasteiger partial charge in [0.05, 0.1) is 36.1 Å². The zero-order valence-corrected chi connectivity index (χ0v) is 34.5. The third kappa shape index (κ3) is 9.28. The number of Topliss-reactive ketones (excluding diaryl/α,β-unsaturated/α-hetero) is 1. The van der Waals surface area contributed by atoms with Gasteiger partial charge in [-0.1, -0.05) is 45.7 Å². The fourth-order valence-corrected chi connectivity index (χ4v) is 8.95. The van der Waals surface area contributed by atoms with Crippen LogP contribution in [-0.2, 0) is 19.1 Å². The van der Waals surface area contributed by atoms with E-state index in [0.29, 0.717) is 69.7 Å². The van der Waals surface area contributed by atoms with E-state index in [1.165, 1.54) is 31.9 Å². The number of aromatic nitrogens is 2. The summed E-state index contributed by atoms with van der Waals surface area (Å²) in [5.74, 6) is 1.07. The molecule has 1 aromatic carbocycles. The maximum atomic E-state index is 14.5. The fourth-order valence-electron chi connectivity index (χ4n) is 8.69. The first-order valence-electron chi connectivity index (χ1n) is 20.7. The summed E-state index contributed by atoms with van der Waals surface area (Å²) in [6, 6.07) is 5.32. The molecule has 0 radical (unpaired) electrons. The smallest absolute Gasteiger partial charge is 0.306 e. The lowest BCUT2D eigenvalue weighted by atomic mass is 9.77. The van der Waals surface area contributed by atoms with Gasteiger partial charge in [0, 0.05) is 36.9 Å². The zero-order valence-electron chi connectivity index (χ0n) is 33.8. The number of hydrogen-bond donors (Lipinski definition) is 1. The van der Waals surface area contributed by atoms with Crippen molar-refractivity contribution in [1.29, 1.82) is 0 Å². The van der Waals surface area contributed by atoms with Gasteiger partial charge in [-0.05, 0) is 88.4 Å². The Bertz CT molecular complexity index is 1890. The summed E-state index contributed by atoms with van der Waals surface area (Å²) in [6.07, 6.45) is 8.24. The minimum Gasteiger partial charge on any atom is -0.491 e. The van der Waals surface area contributed by atoms with E-state index in [1.54, 1.807) is 17.9 Å². The number of hydrogen-bond acceptors (Lipinski definition) is 11. The van der Waals surface area contributed by atoms with Crippen molar-refractivity contribution in [1.82, 2.24) is 19.8 Å². The Morgan fingerprint density at radius 3 is 2.43 bits per heavy atom. The van der Waals surface area contributed by atoms with Gasteiger partial charge >= 0.3 is 5.97 Å². The minimum atomic E-state index is -0.684. The Kier molecular flexibility index (Phi) is 12.2. The lowest BCUT2D eigenvalue weighted by molar-refractivity contribution is -0.156. The Labute approximate surface area is 335 Å². The van der Waals surface area contributed by atoms with Crippen LogP contribution in [-0.4, -0.2) is 94.5 Å². The quantitative estimate of drug-likeness (QED) is 0.150. The van der Waals surface area contributed by atoms with E-state index < -0.39 is 23.5 Å². The first-order chi connectivity index (χ1) is 26.8. The van der Waals surface area contributed by atoms with Gasteiger partial charge in [0.15, 0.2) is 5.78 Å². The van der Waals surface area contributed by atoms with Gasteiger partial charge in [0.25, 0.3) is 6.01 Å². The molecule has 4 aliphatic rings. The molecule has 1 amide bonds. The van der Waals surface area contributed by atoms with Crippen LogP contribution in [0.5, 0.6) is 11.5 Å². The molecule has 4 fully saturated rings. The Morgan fingerprint density at radius 2 is 1.73 bits per heavy atom. The minimum absolute atomic E-state index is 0.0339. The second kappa shape index (κ2) is 16.9. The predicted molar refractivity (Wildman–Crippen MR) is 215 cm³/mol. The van der Waals surface area contributed by atoms with Crippen molar-refractivity contribution < 1.29 is 33.0 Å². The number of carbonyl (C=O) groups excluding carboxylic acids is 3. The van der Waals surface area contributed by atoms with E-state index in [9.17, 15) is 14.4 Å². The molecule has 304 valence electrons. The molecular formula is C43H58ClN5O7. The van der Waals surface area contributed by atoms with Crippen molar-refractivity contribution in [3.05, 3.63) is 29.5 Å². The average Bonchev–Trinajstić information content (AvgIpc) is 3.47. The van der Waals surface area contributed by atoms with Gasteiger partial charge in [0.1, 0.15) is 47.3 Å². The molecule has 56 heavy (non-hydrogen) atoms. The fraction of sp³-hybridized carbons (Fsp3) is 0.651. The molecule has 1 unspecified atom stereocenters. The van der Waals surface area contributed by atoms with E-state index in [0.717, 1.165) is 32.5 Å². The van der Waals surface area contributed by atoms with Gasteiger partial charge in [-0.2, -0.15) is 4.98 Å². The van der Waals surface area contributed by atoms with E-state index in [4.69, 9.17) is 35.2 Å². The maximum Gasteiger partial charge on any atom is 0.306 e. The largest absolute Gasteiger partial charge is 0.491 e. The summed E-state index contributed by atoms with van der Waals surface area (Å²) in [5, 5.41) is 4.20. The Balaban J connectivity index is 1.14. The first-order valence-corrected chi connectivity index (χ1v) is 21.0. The van der Waals surface area contributed by atoms with Crippen molar-refractivity contribution in [2.75, 3.05) is 38.1 Å². The molecule has 1 N–H and O–H groups in total. The Hall–Kier alpha value is -3.90. The monoisotopic (exact) mass is 791 g/mol. The number of oxazole rings is 1. The van der Waals surface area contributed by atoms with Crippen molar-refractivity contribution in [3.8, 4) is 22.9 Å². The summed E-state index contributed by atoms with van der Waals surface area (Å²) < 4.78 is 24.6. The molecule has 3 aromatic rings. The van der Waals surface area contributed by atoms with Crippen molar-refractivity contribution in [2.24, 2.45) is 23.2 Å². The first kappa shape index (κ1) is 40.3. The average molecular weight is 792 g/mol. The van der Waals surface area contributed by atoms with Crippen LogP contribution in [0.1, 0.15) is 99.3 Å². The number of nitrogens with one attached hydrogen (secondary N) is 1. The molecule has 0 spiro atoms. The zero-order chi connectivity index (χ0) is 39.7. The lowest BCUT2D eigenvalue weighted by Gasteiger charge is -2.34. The molecule has 6 atom stereocenters. The molecule has 2 aromatic heterocycles. The summed E-state index contributed by atoms with van der Waals surface area (Å²) in [4.78, 5) is 54.8. The summed E-state index contributed by atoms with van der Waals surface area (Å²) in [7, 11) is 0. The van der Waals surface area contributed by atoms with Crippen LogP contribution in [0.2, 0.25) is 5.02 Å². The number of esters is 1. The molecule has 4 heterocycles. The number of pyridine rings is 1. The molecule has 2 aliphatic heterocycles. The maximum absolute atomic E-state index is 14.5.